The summed E-state index contributed by atoms with van der Waals surface area (Å²) in [7, 11) is 0. The van der Waals surface area contributed by atoms with Crippen LogP contribution in [0.4, 0.5) is 5.82 Å². The van der Waals surface area contributed by atoms with E-state index in [2.05, 4.69) is 34.6 Å². The van der Waals surface area contributed by atoms with Gasteiger partial charge in [-0.05, 0) is 23.9 Å². The molecule has 0 aliphatic heterocycles. The van der Waals surface area contributed by atoms with Crippen LogP contribution >= 0.6 is 22.7 Å². The second kappa shape index (κ2) is 4.16. The minimum Gasteiger partial charge on any atom is -0.382 e. The first kappa shape index (κ1) is 10.8. The normalized spacial score (nSPS) is 11.4. The maximum Gasteiger partial charge on any atom is 0.149 e. The van der Waals surface area contributed by atoms with Crippen LogP contribution < -0.4 is 5.73 Å². The van der Waals surface area contributed by atoms with Crippen molar-refractivity contribution >= 4 is 37.9 Å². The zero-order valence-electron chi connectivity index (χ0n) is 9.49. The number of hydrogen-bond acceptors (Lipinski definition) is 4. The number of nitrogens with two attached hydrogens (primary N) is 1. The van der Waals surface area contributed by atoms with E-state index in [0.29, 0.717) is 5.82 Å². The van der Waals surface area contributed by atoms with Crippen molar-refractivity contribution in [3.05, 3.63) is 23.1 Å². The van der Waals surface area contributed by atoms with E-state index in [9.17, 15) is 0 Å². The molecule has 88 valence electrons. The van der Waals surface area contributed by atoms with Crippen molar-refractivity contribution < 1.29 is 0 Å². The first-order chi connectivity index (χ1) is 8.29. The molecular formula is C12H13N3S2. The van der Waals surface area contributed by atoms with Crippen molar-refractivity contribution in [2.24, 2.45) is 0 Å². The molecule has 0 saturated carbocycles. The number of aromatic nitrogens is 2. The van der Waals surface area contributed by atoms with Crippen molar-refractivity contribution in [2.75, 3.05) is 5.73 Å². The number of anilines is 1. The van der Waals surface area contributed by atoms with Crippen LogP contribution in [-0.4, -0.2) is 10.2 Å². The van der Waals surface area contributed by atoms with Gasteiger partial charge < -0.3 is 5.73 Å². The molecule has 0 aromatic carbocycles. The van der Waals surface area contributed by atoms with E-state index < -0.39 is 0 Å². The second-order valence-electron chi connectivity index (χ2n) is 3.97. The Labute approximate surface area is 107 Å². The van der Waals surface area contributed by atoms with E-state index in [0.717, 1.165) is 24.1 Å². The summed E-state index contributed by atoms with van der Waals surface area (Å²) < 4.78 is 2.67. The summed E-state index contributed by atoms with van der Waals surface area (Å²) in [5.74, 6) is 0.638. The predicted octanol–water partition coefficient (Wildman–Crippen LogP) is 3.89. The Morgan fingerprint density at radius 3 is 3.06 bits per heavy atom. The lowest BCUT2D eigenvalue weighted by atomic mass is 10.1. The molecule has 3 rings (SSSR count). The van der Waals surface area contributed by atoms with Gasteiger partial charge in [-0.3, -0.25) is 5.10 Å². The van der Waals surface area contributed by atoms with Gasteiger partial charge in [0.15, 0.2) is 0 Å². The maximum atomic E-state index is 5.90. The second-order valence-corrected chi connectivity index (χ2v) is 6.00. The number of H-pyrrole nitrogens is 1. The van der Waals surface area contributed by atoms with E-state index in [4.69, 9.17) is 5.73 Å². The number of hydrogen-bond donors (Lipinski definition) is 2. The van der Waals surface area contributed by atoms with Crippen LogP contribution in [-0.2, 0) is 6.42 Å². The molecule has 0 saturated heterocycles. The van der Waals surface area contributed by atoms with Gasteiger partial charge in [0.25, 0.3) is 0 Å². The lowest BCUT2D eigenvalue weighted by molar-refractivity contribution is 0.927. The number of thiophene rings is 2. The van der Waals surface area contributed by atoms with Gasteiger partial charge in [0.1, 0.15) is 5.82 Å². The summed E-state index contributed by atoms with van der Waals surface area (Å²) in [6.07, 6.45) is 2.06. The van der Waals surface area contributed by atoms with E-state index in [1.54, 1.807) is 22.7 Å². The van der Waals surface area contributed by atoms with Gasteiger partial charge in [0, 0.05) is 15.0 Å². The number of nitrogen functional groups attached to an aromatic ring is 1. The van der Waals surface area contributed by atoms with Crippen molar-refractivity contribution in [3.8, 4) is 10.6 Å². The maximum absolute atomic E-state index is 5.90. The molecule has 0 fully saturated rings. The summed E-state index contributed by atoms with van der Waals surface area (Å²) in [4.78, 5) is 1.24. The molecular weight excluding hydrogens is 250 g/mol. The Kier molecular flexibility index (Phi) is 2.64. The fraction of sp³-hybridized carbons (Fsp3) is 0.250. The third kappa shape index (κ3) is 1.75. The third-order valence-electron chi connectivity index (χ3n) is 2.78. The van der Waals surface area contributed by atoms with Crippen LogP contribution in [0.2, 0.25) is 0 Å². The van der Waals surface area contributed by atoms with Crippen molar-refractivity contribution in [3.63, 3.8) is 0 Å². The zero-order chi connectivity index (χ0) is 11.8. The van der Waals surface area contributed by atoms with E-state index in [1.165, 1.54) is 14.3 Å². The Morgan fingerprint density at radius 2 is 2.29 bits per heavy atom. The molecule has 3 aromatic heterocycles. The molecule has 0 bridgehead atoms. The topological polar surface area (TPSA) is 54.7 Å². The molecule has 0 aliphatic carbocycles. The van der Waals surface area contributed by atoms with Gasteiger partial charge in [-0.25, -0.2) is 0 Å². The summed E-state index contributed by atoms with van der Waals surface area (Å²) in [5.41, 5.74) is 8.15. The van der Waals surface area contributed by atoms with E-state index >= 15 is 0 Å². The highest BCUT2D eigenvalue weighted by Crippen LogP contribution is 2.38. The van der Waals surface area contributed by atoms with Gasteiger partial charge >= 0.3 is 0 Å². The van der Waals surface area contributed by atoms with Crippen molar-refractivity contribution in [2.45, 2.75) is 19.8 Å². The highest BCUT2D eigenvalue weighted by Gasteiger charge is 2.14. The molecule has 0 atom stereocenters. The quantitative estimate of drug-likeness (QED) is 0.753. The van der Waals surface area contributed by atoms with Crippen LogP contribution in [0.1, 0.15) is 18.9 Å². The molecule has 3 N–H and O–H groups in total. The Balaban J connectivity index is 2.11. The average Bonchev–Trinajstić information content (AvgIpc) is 2.94. The molecule has 17 heavy (non-hydrogen) atoms. The summed E-state index contributed by atoms with van der Waals surface area (Å²) in [6, 6.07) is 4.38. The summed E-state index contributed by atoms with van der Waals surface area (Å²) in [5, 5.41) is 9.32. The molecule has 5 heteroatoms. The highest BCUT2D eigenvalue weighted by molar-refractivity contribution is 7.28. The number of nitrogens with zero attached hydrogens (tertiary/aromatic N) is 1. The fourth-order valence-electron chi connectivity index (χ4n) is 1.98. The Morgan fingerprint density at radius 1 is 1.41 bits per heavy atom. The lowest BCUT2D eigenvalue weighted by Gasteiger charge is -1.99. The van der Waals surface area contributed by atoms with Crippen LogP contribution in [0, 0.1) is 0 Å². The van der Waals surface area contributed by atoms with E-state index in [1.807, 2.05) is 0 Å². The first-order valence-corrected chi connectivity index (χ1v) is 7.29. The molecule has 0 aliphatic rings. The van der Waals surface area contributed by atoms with Gasteiger partial charge in [-0.2, -0.15) is 5.10 Å². The van der Waals surface area contributed by atoms with Crippen LogP contribution in [0.25, 0.3) is 20.0 Å². The summed E-state index contributed by atoms with van der Waals surface area (Å²) >= 11 is 3.57. The zero-order valence-corrected chi connectivity index (χ0v) is 11.1. The first-order valence-electron chi connectivity index (χ1n) is 5.59. The number of rotatable bonds is 3. The van der Waals surface area contributed by atoms with Crippen LogP contribution in [0.5, 0.6) is 0 Å². The monoisotopic (exact) mass is 263 g/mol. The smallest absolute Gasteiger partial charge is 0.149 e. The standard InChI is InChI=1S/C12H13N3S2/c1-2-3-7-11(14-15-12(7)13)10-6-9-8(17-10)4-5-16-9/h4-6H,2-3H2,1H3,(H3,13,14,15). The SMILES string of the molecule is CCCc1c(N)n[nH]c1-c1cc2sccc2s1. The molecule has 3 heterocycles. The Bertz CT molecular complexity index is 619. The molecule has 0 radical (unpaired) electrons. The van der Waals surface area contributed by atoms with Gasteiger partial charge in [-0.15, -0.1) is 22.7 Å². The molecule has 0 spiro atoms. The largest absolute Gasteiger partial charge is 0.382 e. The molecule has 0 unspecified atom stereocenters. The van der Waals surface area contributed by atoms with Gasteiger partial charge in [0.2, 0.25) is 0 Å². The predicted molar refractivity (Wildman–Crippen MR) is 75.7 cm³/mol. The third-order valence-corrected chi connectivity index (χ3v) is 4.90. The van der Waals surface area contributed by atoms with Crippen LogP contribution in [0.3, 0.4) is 0 Å². The molecule has 3 aromatic rings. The van der Waals surface area contributed by atoms with Crippen molar-refractivity contribution in [1.29, 1.82) is 0 Å². The average molecular weight is 263 g/mol. The lowest BCUT2D eigenvalue weighted by Crippen LogP contribution is -1.91. The van der Waals surface area contributed by atoms with E-state index in [-0.39, 0.29) is 0 Å². The fourth-order valence-corrected chi connectivity index (χ4v) is 4.11. The Hall–Kier alpha value is -1.33. The number of nitrogens with one attached hydrogen (secondary N) is 1. The highest BCUT2D eigenvalue weighted by atomic mass is 32.1. The molecule has 3 nitrogen and oxygen atoms in total. The van der Waals surface area contributed by atoms with Crippen molar-refractivity contribution in [1.82, 2.24) is 10.2 Å². The number of aromatic amines is 1. The van der Waals surface area contributed by atoms with Crippen LogP contribution in [0.15, 0.2) is 17.5 Å². The minimum atomic E-state index is 0.638. The van der Waals surface area contributed by atoms with Gasteiger partial charge in [0.05, 0.1) is 10.6 Å². The number of fused-ring (bicyclic) bond motifs is 1. The minimum absolute atomic E-state index is 0.638. The molecule has 0 amide bonds. The van der Waals surface area contributed by atoms with Gasteiger partial charge in [-0.1, -0.05) is 13.3 Å². The summed E-state index contributed by atoms with van der Waals surface area (Å²) in [6.45, 7) is 2.16.